The zero-order valence-corrected chi connectivity index (χ0v) is 10.7. The molecule has 0 radical (unpaired) electrons. The fraction of sp³-hybridized carbons (Fsp3) is 0.615. The molecule has 0 heterocycles. The first kappa shape index (κ1) is 14.4. The number of esters is 2. The van der Waals surface area contributed by atoms with Gasteiger partial charge in [0.15, 0.2) is 0 Å². The van der Waals surface area contributed by atoms with Gasteiger partial charge in [-0.05, 0) is 12.8 Å². The quantitative estimate of drug-likeness (QED) is 0.558. The maximum Gasteiger partial charge on any atom is 0.334 e. The van der Waals surface area contributed by atoms with Gasteiger partial charge >= 0.3 is 11.9 Å². The Kier molecular flexibility index (Phi) is 5.07. The summed E-state index contributed by atoms with van der Waals surface area (Å²) >= 11 is 0. The molecule has 1 aliphatic rings. The molecule has 0 saturated heterocycles. The van der Waals surface area contributed by atoms with E-state index in [2.05, 4.69) is 16.1 Å². The summed E-state index contributed by atoms with van der Waals surface area (Å²) in [5, 5.41) is 0. The highest BCUT2D eigenvalue weighted by Gasteiger charge is 2.39. The number of hydrogen-bond donors (Lipinski definition) is 0. The Morgan fingerprint density at radius 2 is 1.94 bits per heavy atom. The van der Waals surface area contributed by atoms with Gasteiger partial charge in [-0.25, -0.2) is 4.79 Å². The molecule has 0 aromatic heterocycles. The largest absolute Gasteiger partial charge is 0.469 e. The first-order chi connectivity index (χ1) is 8.52. The predicted octanol–water partition coefficient (Wildman–Crippen LogP) is 1.26. The molecule has 0 amide bonds. The molecule has 1 saturated carbocycles. The van der Waals surface area contributed by atoms with Crippen molar-refractivity contribution in [2.24, 2.45) is 11.8 Å². The molecule has 2 atom stereocenters. The van der Waals surface area contributed by atoms with Gasteiger partial charge in [0.05, 0.1) is 20.1 Å². The lowest BCUT2D eigenvalue weighted by Crippen LogP contribution is -2.36. The highest BCUT2D eigenvalue weighted by Crippen LogP contribution is 2.32. The molecule has 1 fully saturated rings. The van der Waals surface area contributed by atoms with Gasteiger partial charge in [-0.3, -0.25) is 9.59 Å². The average Bonchev–Trinajstić information content (AvgIpc) is 2.39. The van der Waals surface area contributed by atoms with Crippen LogP contribution in [-0.2, 0) is 23.9 Å². The van der Waals surface area contributed by atoms with Crippen LogP contribution in [-0.4, -0.2) is 31.9 Å². The lowest BCUT2D eigenvalue weighted by Gasteiger charge is -2.27. The van der Waals surface area contributed by atoms with Crippen molar-refractivity contribution in [3.63, 3.8) is 0 Å². The van der Waals surface area contributed by atoms with Gasteiger partial charge in [-0.15, -0.1) is 0 Å². The van der Waals surface area contributed by atoms with E-state index in [1.54, 1.807) is 0 Å². The summed E-state index contributed by atoms with van der Waals surface area (Å²) in [5.41, 5.74) is -0.00963. The number of ketones is 1. The normalized spacial score (nSPS) is 21.0. The number of Topliss-reactive ketones (excluding diaryl/α,β-unsaturated/α-hetero) is 1. The lowest BCUT2D eigenvalue weighted by atomic mass is 9.76. The molecule has 0 N–H and O–H groups in total. The molecule has 18 heavy (non-hydrogen) atoms. The second-order valence-electron chi connectivity index (χ2n) is 4.34. The second kappa shape index (κ2) is 6.33. The Morgan fingerprint density at radius 1 is 1.28 bits per heavy atom. The van der Waals surface area contributed by atoms with Crippen LogP contribution in [0.4, 0.5) is 0 Å². The third-order valence-electron chi connectivity index (χ3n) is 3.28. The van der Waals surface area contributed by atoms with E-state index in [9.17, 15) is 14.4 Å². The van der Waals surface area contributed by atoms with Crippen molar-refractivity contribution in [3.05, 3.63) is 12.2 Å². The summed E-state index contributed by atoms with van der Waals surface area (Å²) in [5.74, 6) is -2.73. The number of hydrogen-bond acceptors (Lipinski definition) is 5. The van der Waals surface area contributed by atoms with E-state index in [0.29, 0.717) is 12.8 Å². The molecule has 2 unspecified atom stereocenters. The monoisotopic (exact) mass is 254 g/mol. The molecule has 5 heteroatoms. The SMILES string of the molecule is C=C(C(=O)OC)C(C(=O)OC)C1CCCCC1=O. The van der Waals surface area contributed by atoms with Crippen LogP contribution in [0.25, 0.3) is 0 Å². The highest BCUT2D eigenvalue weighted by atomic mass is 16.5. The van der Waals surface area contributed by atoms with Crippen LogP contribution in [0.5, 0.6) is 0 Å². The first-order valence-corrected chi connectivity index (χ1v) is 5.90. The van der Waals surface area contributed by atoms with E-state index < -0.39 is 23.8 Å². The third-order valence-corrected chi connectivity index (χ3v) is 3.28. The molecule has 0 aromatic rings. The van der Waals surface area contributed by atoms with Crippen LogP contribution in [0.1, 0.15) is 25.7 Å². The topological polar surface area (TPSA) is 69.7 Å². The van der Waals surface area contributed by atoms with Crippen molar-refractivity contribution in [1.82, 2.24) is 0 Å². The van der Waals surface area contributed by atoms with E-state index in [1.807, 2.05) is 0 Å². The van der Waals surface area contributed by atoms with Crippen molar-refractivity contribution in [3.8, 4) is 0 Å². The summed E-state index contributed by atoms with van der Waals surface area (Å²) in [7, 11) is 2.44. The van der Waals surface area contributed by atoms with Gasteiger partial charge in [-0.2, -0.15) is 0 Å². The smallest absolute Gasteiger partial charge is 0.334 e. The number of carbonyl (C=O) groups is 3. The standard InChI is InChI=1S/C13H18O5/c1-8(12(15)17-2)11(13(16)18-3)9-6-4-5-7-10(9)14/h9,11H,1,4-7H2,2-3H3. The van der Waals surface area contributed by atoms with Crippen molar-refractivity contribution < 1.29 is 23.9 Å². The summed E-state index contributed by atoms with van der Waals surface area (Å²) in [4.78, 5) is 35.1. The molecule has 1 aliphatic carbocycles. The van der Waals surface area contributed by atoms with Gasteiger partial charge < -0.3 is 9.47 Å². The van der Waals surface area contributed by atoms with Crippen LogP contribution < -0.4 is 0 Å². The molecule has 0 aliphatic heterocycles. The Balaban J connectivity index is 2.97. The fourth-order valence-corrected chi connectivity index (χ4v) is 2.30. The maximum atomic E-state index is 11.9. The van der Waals surface area contributed by atoms with E-state index >= 15 is 0 Å². The summed E-state index contributed by atoms with van der Waals surface area (Å²) in [6, 6.07) is 0. The van der Waals surface area contributed by atoms with E-state index in [-0.39, 0.29) is 11.4 Å². The van der Waals surface area contributed by atoms with Crippen LogP contribution in [0.3, 0.4) is 0 Å². The molecule has 0 bridgehead atoms. The van der Waals surface area contributed by atoms with Gasteiger partial charge in [-0.1, -0.05) is 13.0 Å². The molecule has 0 spiro atoms. The van der Waals surface area contributed by atoms with Crippen LogP contribution in [0, 0.1) is 11.8 Å². The van der Waals surface area contributed by atoms with E-state index in [1.165, 1.54) is 14.2 Å². The van der Waals surface area contributed by atoms with Gasteiger partial charge in [0.1, 0.15) is 5.78 Å². The van der Waals surface area contributed by atoms with Gasteiger partial charge in [0.2, 0.25) is 0 Å². The summed E-state index contributed by atoms with van der Waals surface area (Å²) in [6.07, 6.45) is 2.70. The van der Waals surface area contributed by atoms with Crippen molar-refractivity contribution in [2.75, 3.05) is 14.2 Å². The van der Waals surface area contributed by atoms with Crippen molar-refractivity contribution in [1.29, 1.82) is 0 Å². The minimum atomic E-state index is -0.921. The Hall–Kier alpha value is -1.65. The highest BCUT2D eigenvalue weighted by molar-refractivity contribution is 5.98. The van der Waals surface area contributed by atoms with Crippen LogP contribution in [0.2, 0.25) is 0 Å². The van der Waals surface area contributed by atoms with Crippen LogP contribution >= 0.6 is 0 Å². The zero-order valence-electron chi connectivity index (χ0n) is 10.7. The second-order valence-corrected chi connectivity index (χ2v) is 4.34. The lowest BCUT2D eigenvalue weighted by molar-refractivity contribution is -0.151. The molecule has 100 valence electrons. The minimum absolute atomic E-state index is 0.00963. The van der Waals surface area contributed by atoms with E-state index in [4.69, 9.17) is 0 Å². The molecular weight excluding hydrogens is 236 g/mol. The zero-order chi connectivity index (χ0) is 13.7. The van der Waals surface area contributed by atoms with Crippen LogP contribution in [0.15, 0.2) is 12.2 Å². The molecule has 0 aromatic carbocycles. The third kappa shape index (κ3) is 2.97. The van der Waals surface area contributed by atoms with E-state index in [0.717, 1.165) is 12.8 Å². The number of ether oxygens (including phenoxy) is 2. The first-order valence-electron chi connectivity index (χ1n) is 5.90. The molecule has 1 rings (SSSR count). The number of carbonyl (C=O) groups excluding carboxylic acids is 3. The summed E-state index contributed by atoms with van der Waals surface area (Å²) < 4.78 is 9.23. The summed E-state index contributed by atoms with van der Waals surface area (Å²) in [6.45, 7) is 3.58. The maximum absolute atomic E-state index is 11.9. The Morgan fingerprint density at radius 3 is 2.44 bits per heavy atom. The fourth-order valence-electron chi connectivity index (χ4n) is 2.30. The minimum Gasteiger partial charge on any atom is -0.469 e. The van der Waals surface area contributed by atoms with Crippen molar-refractivity contribution in [2.45, 2.75) is 25.7 Å². The van der Waals surface area contributed by atoms with Gasteiger partial charge in [0.25, 0.3) is 0 Å². The van der Waals surface area contributed by atoms with Crippen molar-refractivity contribution >= 4 is 17.7 Å². The Bertz CT molecular complexity index is 372. The molecular formula is C13H18O5. The number of rotatable bonds is 4. The average molecular weight is 254 g/mol. The molecule has 5 nitrogen and oxygen atoms in total. The predicted molar refractivity (Wildman–Crippen MR) is 63.6 cm³/mol. The number of methoxy groups -OCH3 is 2. The Labute approximate surface area is 106 Å². The van der Waals surface area contributed by atoms with Gasteiger partial charge in [0, 0.05) is 17.9 Å².